The molecule has 70 valence electrons. The number of hydrogen-bond donors (Lipinski definition) is 0. The first-order valence-corrected chi connectivity index (χ1v) is 4.32. The van der Waals surface area contributed by atoms with E-state index in [1.54, 1.807) is 18.2 Å². The minimum absolute atomic E-state index is 0.119. The molecule has 0 heterocycles. The van der Waals surface area contributed by atoms with Crippen LogP contribution in [0, 0.1) is 0 Å². The van der Waals surface area contributed by atoms with Crippen molar-refractivity contribution in [1.82, 2.24) is 0 Å². The van der Waals surface area contributed by atoms with Crippen molar-refractivity contribution in [3.63, 3.8) is 0 Å². The zero-order valence-corrected chi connectivity index (χ0v) is 7.45. The molecule has 0 saturated carbocycles. The molecule has 1 aromatic rings. The third-order valence-electron chi connectivity index (χ3n) is 1.36. The highest BCUT2D eigenvalue weighted by Gasteiger charge is 2.29. The molecule has 0 saturated heterocycles. The van der Waals surface area contributed by atoms with Crippen LogP contribution in [0.25, 0.3) is 6.08 Å². The highest BCUT2D eigenvalue weighted by Crippen LogP contribution is 2.38. The van der Waals surface area contributed by atoms with Crippen LogP contribution in [0.4, 0.5) is 13.2 Å². The van der Waals surface area contributed by atoms with E-state index in [1.165, 1.54) is 12.1 Å². The van der Waals surface area contributed by atoms with Crippen LogP contribution in [0.1, 0.15) is 5.56 Å². The van der Waals surface area contributed by atoms with Crippen LogP contribution in [-0.2, 0) is 0 Å². The van der Waals surface area contributed by atoms with Crippen molar-refractivity contribution in [3.05, 3.63) is 36.4 Å². The summed E-state index contributed by atoms with van der Waals surface area (Å²) in [5.74, 6) is 0. The molecule has 0 aliphatic carbocycles. The van der Waals surface area contributed by atoms with Gasteiger partial charge in [-0.15, -0.1) is 0 Å². The summed E-state index contributed by atoms with van der Waals surface area (Å²) >= 11 is -0.119. The van der Waals surface area contributed by atoms with Gasteiger partial charge in [-0.25, -0.2) is 0 Å². The Kier molecular flexibility index (Phi) is 3.03. The van der Waals surface area contributed by atoms with E-state index in [0.717, 1.165) is 0 Å². The Hall–Kier alpha value is -0.900. The number of halogens is 3. The maximum absolute atomic E-state index is 12.0. The van der Waals surface area contributed by atoms with Gasteiger partial charge in [-0.05, 0) is 23.4 Å². The van der Waals surface area contributed by atoms with Crippen LogP contribution < -0.4 is 0 Å². The highest BCUT2D eigenvalue weighted by molar-refractivity contribution is 8.00. The summed E-state index contributed by atoms with van der Waals surface area (Å²) in [4.78, 5) is 0.185. The second-order valence-electron chi connectivity index (χ2n) is 2.29. The maximum Gasteiger partial charge on any atom is 0.446 e. The molecule has 0 aromatic heterocycles. The standard InChI is InChI=1S/C9H7F3S/c1-2-7-5-3-4-6-8(7)13-9(10,11)12/h2-6H,1H2. The Morgan fingerprint density at radius 2 is 1.85 bits per heavy atom. The van der Waals surface area contributed by atoms with Gasteiger partial charge in [0.25, 0.3) is 0 Å². The SMILES string of the molecule is C=Cc1ccccc1SC(F)(F)F. The molecule has 0 atom stereocenters. The molecule has 0 nitrogen and oxygen atoms in total. The topological polar surface area (TPSA) is 0 Å². The Bertz CT molecular complexity index is 304. The average molecular weight is 204 g/mol. The average Bonchev–Trinajstić information content (AvgIpc) is 2.02. The molecule has 0 fully saturated rings. The van der Waals surface area contributed by atoms with Gasteiger partial charge >= 0.3 is 5.51 Å². The summed E-state index contributed by atoms with van der Waals surface area (Å²) in [6, 6.07) is 6.27. The molecule has 0 aliphatic heterocycles. The minimum atomic E-state index is -4.24. The van der Waals surface area contributed by atoms with Crippen LogP contribution in [0.15, 0.2) is 35.7 Å². The number of hydrogen-bond acceptors (Lipinski definition) is 1. The molecule has 0 aliphatic rings. The van der Waals surface area contributed by atoms with Gasteiger partial charge in [0, 0.05) is 4.90 Å². The number of alkyl halides is 3. The predicted molar refractivity (Wildman–Crippen MR) is 48.4 cm³/mol. The Morgan fingerprint density at radius 1 is 1.23 bits per heavy atom. The first kappa shape index (κ1) is 10.2. The molecule has 0 N–H and O–H groups in total. The van der Waals surface area contributed by atoms with E-state index in [2.05, 4.69) is 6.58 Å². The molecule has 0 bridgehead atoms. The second kappa shape index (κ2) is 3.87. The summed E-state index contributed by atoms with van der Waals surface area (Å²) in [6.45, 7) is 3.44. The van der Waals surface area contributed by atoms with E-state index >= 15 is 0 Å². The van der Waals surface area contributed by atoms with Gasteiger partial charge < -0.3 is 0 Å². The van der Waals surface area contributed by atoms with Gasteiger partial charge in [0.15, 0.2) is 0 Å². The monoisotopic (exact) mass is 204 g/mol. The molecule has 4 heteroatoms. The highest BCUT2D eigenvalue weighted by atomic mass is 32.2. The van der Waals surface area contributed by atoms with Gasteiger partial charge in [0.2, 0.25) is 0 Å². The fourth-order valence-electron chi connectivity index (χ4n) is 0.867. The summed E-state index contributed by atoms with van der Waals surface area (Å²) < 4.78 is 36.0. The third-order valence-corrected chi connectivity index (χ3v) is 2.19. The lowest BCUT2D eigenvalue weighted by molar-refractivity contribution is -0.0328. The first-order chi connectivity index (χ1) is 6.03. The molecule has 13 heavy (non-hydrogen) atoms. The van der Waals surface area contributed by atoms with Crippen molar-refractivity contribution < 1.29 is 13.2 Å². The fourth-order valence-corrected chi connectivity index (χ4v) is 1.53. The summed E-state index contributed by atoms with van der Waals surface area (Å²) in [5.41, 5.74) is -3.73. The molecule has 0 radical (unpaired) electrons. The number of thioether (sulfide) groups is 1. The zero-order chi connectivity index (χ0) is 9.90. The zero-order valence-electron chi connectivity index (χ0n) is 6.64. The molecule has 0 unspecified atom stereocenters. The number of rotatable bonds is 2. The minimum Gasteiger partial charge on any atom is -0.160 e. The lowest BCUT2D eigenvalue weighted by Crippen LogP contribution is -1.99. The third kappa shape index (κ3) is 3.14. The van der Waals surface area contributed by atoms with Crippen LogP contribution in [0.3, 0.4) is 0 Å². The van der Waals surface area contributed by atoms with E-state index in [9.17, 15) is 13.2 Å². The summed E-state index contributed by atoms with van der Waals surface area (Å²) in [6.07, 6.45) is 1.41. The maximum atomic E-state index is 12.0. The summed E-state index contributed by atoms with van der Waals surface area (Å²) in [7, 11) is 0. The largest absolute Gasteiger partial charge is 0.446 e. The lowest BCUT2D eigenvalue weighted by Gasteiger charge is -2.07. The molecule has 1 rings (SSSR count). The van der Waals surface area contributed by atoms with Crippen molar-refractivity contribution in [2.24, 2.45) is 0 Å². The van der Waals surface area contributed by atoms with Crippen molar-refractivity contribution in [3.8, 4) is 0 Å². The van der Waals surface area contributed by atoms with Crippen molar-refractivity contribution in [2.45, 2.75) is 10.4 Å². The van der Waals surface area contributed by atoms with Crippen LogP contribution in [0.2, 0.25) is 0 Å². The van der Waals surface area contributed by atoms with E-state index in [1.807, 2.05) is 0 Å². The van der Waals surface area contributed by atoms with E-state index in [4.69, 9.17) is 0 Å². The Labute approximate surface area is 78.5 Å². The Balaban J connectivity index is 2.94. The molecular formula is C9H7F3S. The summed E-state index contributed by atoms with van der Waals surface area (Å²) in [5, 5.41) is 0. The Morgan fingerprint density at radius 3 is 2.38 bits per heavy atom. The van der Waals surface area contributed by atoms with Gasteiger partial charge in [-0.2, -0.15) is 13.2 Å². The van der Waals surface area contributed by atoms with Gasteiger partial charge in [0.1, 0.15) is 0 Å². The smallest absolute Gasteiger partial charge is 0.160 e. The van der Waals surface area contributed by atoms with E-state index < -0.39 is 5.51 Å². The quantitative estimate of drug-likeness (QED) is 0.657. The van der Waals surface area contributed by atoms with Gasteiger partial charge in [-0.3, -0.25) is 0 Å². The second-order valence-corrected chi connectivity index (χ2v) is 3.40. The van der Waals surface area contributed by atoms with Crippen molar-refractivity contribution >= 4 is 17.8 Å². The molecule has 0 amide bonds. The van der Waals surface area contributed by atoms with Crippen molar-refractivity contribution in [1.29, 1.82) is 0 Å². The fraction of sp³-hybridized carbons (Fsp3) is 0.111. The van der Waals surface area contributed by atoms with E-state index in [-0.39, 0.29) is 16.7 Å². The molecule has 0 spiro atoms. The lowest BCUT2D eigenvalue weighted by atomic mass is 10.2. The van der Waals surface area contributed by atoms with Crippen LogP contribution >= 0.6 is 11.8 Å². The van der Waals surface area contributed by atoms with Gasteiger partial charge in [-0.1, -0.05) is 30.9 Å². The van der Waals surface area contributed by atoms with Crippen molar-refractivity contribution in [2.75, 3.05) is 0 Å². The normalized spacial score (nSPS) is 11.3. The molecule has 1 aromatic carbocycles. The first-order valence-electron chi connectivity index (χ1n) is 3.50. The van der Waals surface area contributed by atoms with Crippen LogP contribution in [0.5, 0.6) is 0 Å². The molecular weight excluding hydrogens is 197 g/mol. The predicted octanol–water partition coefficient (Wildman–Crippen LogP) is 3.94. The van der Waals surface area contributed by atoms with Gasteiger partial charge in [0.05, 0.1) is 0 Å². The van der Waals surface area contributed by atoms with E-state index in [0.29, 0.717) is 5.56 Å². The van der Waals surface area contributed by atoms with Crippen LogP contribution in [-0.4, -0.2) is 5.51 Å². The number of benzene rings is 1.